The Kier molecular flexibility index (Phi) is 5.12. The fraction of sp³-hybridized carbons (Fsp3) is 0.500. The highest BCUT2D eigenvalue weighted by Gasteiger charge is 2.30. The second-order valence-electron chi connectivity index (χ2n) is 5.14. The molecular formula is C14H19N3O4S. The number of carbonyl (C=O) groups is 1. The van der Waals surface area contributed by atoms with Gasteiger partial charge in [0.2, 0.25) is 10.0 Å². The third-order valence-corrected chi connectivity index (χ3v) is 4.59. The normalized spacial score (nSPS) is 14.4. The number of unbranched alkanes of at least 4 members (excludes halogenated alkanes) is 1. The van der Waals surface area contributed by atoms with Crippen LogP contribution >= 0.6 is 0 Å². The maximum atomic E-state index is 12.0. The number of allylic oxidation sites excluding steroid dienone is 1. The monoisotopic (exact) mass is 325 g/mol. The van der Waals surface area contributed by atoms with Crippen LogP contribution in [-0.4, -0.2) is 37.4 Å². The molecule has 120 valence electrons. The van der Waals surface area contributed by atoms with Crippen LogP contribution in [0.25, 0.3) is 0 Å². The van der Waals surface area contributed by atoms with Crippen LogP contribution < -0.4 is 9.46 Å². The Morgan fingerprint density at radius 3 is 2.82 bits per heavy atom. The molecule has 8 heteroatoms. The zero-order valence-corrected chi connectivity index (χ0v) is 13.2. The van der Waals surface area contributed by atoms with Gasteiger partial charge in [0, 0.05) is 12.0 Å². The van der Waals surface area contributed by atoms with Gasteiger partial charge < -0.3 is 4.74 Å². The molecule has 0 saturated heterocycles. The smallest absolute Gasteiger partial charge is 0.285 e. The van der Waals surface area contributed by atoms with Gasteiger partial charge in [-0.15, -0.1) is 11.7 Å². The molecule has 1 aromatic rings. The standard InChI is InChI=1S/C14H19N3O4S/c1-3-4-5-8-22(19,20)17-14(18)11-9-12(21-2)13(16-15-11)10-6-7-10/h3,9-10H,1,4-8H2,2H3,(H,17,18). The number of amides is 1. The van der Waals surface area contributed by atoms with Gasteiger partial charge >= 0.3 is 0 Å². The molecule has 1 N–H and O–H groups in total. The van der Waals surface area contributed by atoms with Crippen molar-refractivity contribution in [2.75, 3.05) is 12.9 Å². The van der Waals surface area contributed by atoms with E-state index < -0.39 is 15.9 Å². The molecule has 0 radical (unpaired) electrons. The van der Waals surface area contributed by atoms with Gasteiger partial charge in [0.25, 0.3) is 5.91 Å². The highest BCUT2D eigenvalue weighted by molar-refractivity contribution is 7.90. The summed E-state index contributed by atoms with van der Waals surface area (Å²) in [5, 5.41) is 7.80. The fourth-order valence-corrected chi connectivity index (χ4v) is 3.00. The van der Waals surface area contributed by atoms with Crippen molar-refractivity contribution in [3.05, 3.63) is 30.1 Å². The lowest BCUT2D eigenvalue weighted by Crippen LogP contribution is -2.33. The minimum atomic E-state index is -3.69. The first-order chi connectivity index (χ1) is 10.5. The fourth-order valence-electron chi connectivity index (χ4n) is 1.96. The quantitative estimate of drug-likeness (QED) is 0.573. The van der Waals surface area contributed by atoms with Gasteiger partial charge in [0.05, 0.1) is 12.9 Å². The Balaban J connectivity index is 2.07. The average Bonchev–Trinajstić information content (AvgIpc) is 3.30. The predicted octanol–water partition coefficient (Wildman–Crippen LogP) is 1.39. The second-order valence-corrected chi connectivity index (χ2v) is 6.98. The van der Waals surface area contributed by atoms with Gasteiger partial charge in [-0.25, -0.2) is 13.1 Å². The van der Waals surface area contributed by atoms with Crippen LogP contribution in [0.2, 0.25) is 0 Å². The molecule has 1 amide bonds. The summed E-state index contributed by atoms with van der Waals surface area (Å²) in [6.07, 6.45) is 4.65. The molecule has 1 saturated carbocycles. The molecule has 2 rings (SSSR count). The van der Waals surface area contributed by atoms with Crippen LogP contribution in [0.1, 0.15) is 47.8 Å². The summed E-state index contributed by atoms with van der Waals surface area (Å²) in [6, 6.07) is 1.43. The van der Waals surface area contributed by atoms with Crippen molar-refractivity contribution in [1.29, 1.82) is 0 Å². The summed E-state index contributed by atoms with van der Waals surface area (Å²) in [6.45, 7) is 3.52. The average molecular weight is 325 g/mol. The predicted molar refractivity (Wildman–Crippen MR) is 81.2 cm³/mol. The van der Waals surface area contributed by atoms with Gasteiger partial charge in [-0.05, 0) is 25.7 Å². The molecule has 1 heterocycles. The van der Waals surface area contributed by atoms with Crippen LogP contribution in [-0.2, 0) is 10.0 Å². The topological polar surface area (TPSA) is 98.2 Å². The van der Waals surface area contributed by atoms with E-state index in [2.05, 4.69) is 16.8 Å². The zero-order valence-electron chi connectivity index (χ0n) is 12.4. The number of hydrogen-bond donors (Lipinski definition) is 1. The number of ether oxygens (including phenoxy) is 1. The van der Waals surface area contributed by atoms with E-state index >= 15 is 0 Å². The first kappa shape index (κ1) is 16.4. The van der Waals surface area contributed by atoms with Crippen LogP contribution in [0.3, 0.4) is 0 Å². The minimum Gasteiger partial charge on any atom is -0.495 e. The molecule has 0 aliphatic heterocycles. The van der Waals surface area contributed by atoms with Crippen molar-refractivity contribution >= 4 is 15.9 Å². The highest BCUT2D eigenvalue weighted by Crippen LogP contribution is 2.42. The van der Waals surface area contributed by atoms with E-state index in [-0.39, 0.29) is 11.4 Å². The summed E-state index contributed by atoms with van der Waals surface area (Å²) in [7, 11) is -2.21. The molecule has 0 spiro atoms. The van der Waals surface area contributed by atoms with E-state index in [0.29, 0.717) is 30.2 Å². The number of nitrogens with zero attached hydrogens (tertiary/aromatic N) is 2. The Morgan fingerprint density at radius 2 is 2.23 bits per heavy atom. The van der Waals surface area contributed by atoms with Crippen molar-refractivity contribution in [2.45, 2.75) is 31.6 Å². The van der Waals surface area contributed by atoms with E-state index in [9.17, 15) is 13.2 Å². The zero-order chi connectivity index (χ0) is 16.2. The van der Waals surface area contributed by atoms with Gasteiger partial charge in [0.15, 0.2) is 5.69 Å². The Morgan fingerprint density at radius 1 is 1.50 bits per heavy atom. The molecule has 1 fully saturated rings. The molecule has 1 aliphatic rings. The van der Waals surface area contributed by atoms with Crippen LogP contribution in [0.15, 0.2) is 18.7 Å². The number of nitrogens with one attached hydrogen (secondary N) is 1. The van der Waals surface area contributed by atoms with Crippen molar-refractivity contribution in [1.82, 2.24) is 14.9 Å². The lowest BCUT2D eigenvalue weighted by atomic mass is 10.2. The largest absolute Gasteiger partial charge is 0.495 e. The van der Waals surface area contributed by atoms with Crippen molar-refractivity contribution in [2.24, 2.45) is 0 Å². The summed E-state index contributed by atoms with van der Waals surface area (Å²) < 4.78 is 30.8. The van der Waals surface area contributed by atoms with Crippen molar-refractivity contribution in [3.63, 3.8) is 0 Å². The van der Waals surface area contributed by atoms with Gasteiger partial charge in [-0.3, -0.25) is 4.79 Å². The first-order valence-corrected chi connectivity index (χ1v) is 8.69. The third kappa shape index (κ3) is 4.27. The minimum absolute atomic E-state index is 0.0754. The summed E-state index contributed by atoms with van der Waals surface area (Å²) >= 11 is 0. The van der Waals surface area contributed by atoms with Gasteiger partial charge in [0.1, 0.15) is 11.4 Å². The maximum absolute atomic E-state index is 12.0. The van der Waals surface area contributed by atoms with E-state index in [0.717, 1.165) is 12.8 Å². The first-order valence-electron chi connectivity index (χ1n) is 7.04. The summed E-state index contributed by atoms with van der Waals surface area (Å²) in [5.74, 6) is -0.157. The molecule has 7 nitrogen and oxygen atoms in total. The molecule has 0 unspecified atom stereocenters. The number of hydrogen-bond acceptors (Lipinski definition) is 6. The van der Waals surface area contributed by atoms with Crippen LogP contribution in [0.4, 0.5) is 0 Å². The van der Waals surface area contributed by atoms with E-state index in [1.54, 1.807) is 6.08 Å². The number of sulfonamides is 1. The Labute approximate surface area is 129 Å². The lowest BCUT2D eigenvalue weighted by Gasteiger charge is -2.09. The van der Waals surface area contributed by atoms with Crippen LogP contribution in [0.5, 0.6) is 5.75 Å². The SMILES string of the molecule is C=CCCCS(=O)(=O)NC(=O)c1cc(OC)c(C2CC2)nn1. The van der Waals surface area contributed by atoms with E-state index in [1.807, 2.05) is 4.72 Å². The molecule has 22 heavy (non-hydrogen) atoms. The highest BCUT2D eigenvalue weighted by atomic mass is 32.2. The van der Waals surface area contributed by atoms with E-state index in [4.69, 9.17) is 4.74 Å². The maximum Gasteiger partial charge on any atom is 0.285 e. The molecule has 0 bridgehead atoms. The Bertz CT molecular complexity index is 669. The number of aromatic nitrogens is 2. The van der Waals surface area contributed by atoms with E-state index in [1.165, 1.54) is 13.2 Å². The molecule has 1 aromatic heterocycles. The molecule has 1 aliphatic carbocycles. The number of rotatable bonds is 8. The van der Waals surface area contributed by atoms with Gasteiger partial charge in [-0.1, -0.05) is 6.08 Å². The summed E-state index contributed by atoms with van der Waals surface area (Å²) in [4.78, 5) is 12.0. The second kappa shape index (κ2) is 6.87. The molecule has 0 aromatic carbocycles. The third-order valence-electron chi connectivity index (χ3n) is 3.27. The molecule has 0 atom stereocenters. The van der Waals surface area contributed by atoms with Crippen molar-refractivity contribution < 1.29 is 17.9 Å². The number of carbonyl (C=O) groups excluding carboxylic acids is 1. The molecular weight excluding hydrogens is 306 g/mol. The van der Waals surface area contributed by atoms with Crippen LogP contribution in [0, 0.1) is 0 Å². The van der Waals surface area contributed by atoms with Crippen molar-refractivity contribution in [3.8, 4) is 5.75 Å². The number of methoxy groups -OCH3 is 1. The lowest BCUT2D eigenvalue weighted by molar-refractivity contribution is 0.0975. The summed E-state index contributed by atoms with van der Waals surface area (Å²) in [5.41, 5.74) is 0.640. The Hall–Kier alpha value is -1.96. The van der Waals surface area contributed by atoms with Gasteiger partial charge in [-0.2, -0.15) is 5.10 Å².